The van der Waals surface area contributed by atoms with E-state index < -0.39 is 17.7 Å². The van der Waals surface area contributed by atoms with Crippen LogP contribution in [0.4, 0.5) is 13.2 Å². The van der Waals surface area contributed by atoms with Crippen molar-refractivity contribution in [2.45, 2.75) is 11.7 Å². The van der Waals surface area contributed by atoms with Crippen LogP contribution >= 0.6 is 0 Å². The number of nitrogens with zero attached hydrogens (tertiary/aromatic N) is 1. The smallest absolute Gasteiger partial charge is 0.423 e. The highest BCUT2D eigenvalue weighted by atomic mass is 19.4. The second-order valence-electron chi connectivity index (χ2n) is 3.30. The van der Waals surface area contributed by atoms with Gasteiger partial charge in [-0.25, -0.2) is 4.79 Å². The molecule has 2 N–H and O–H groups in total. The molecule has 0 fully saturated rings. The molecule has 4 nitrogen and oxygen atoms in total. The van der Waals surface area contributed by atoms with Crippen molar-refractivity contribution in [2.24, 2.45) is 12.8 Å². The highest BCUT2D eigenvalue weighted by Crippen LogP contribution is 2.37. The van der Waals surface area contributed by atoms with Crippen LogP contribution < -0.4 is 5.73 Å². The third-order valence-corrected chi connectivity index (χ3v) is 2.30. The fraction of sp³-hybridized carbons (Fsp3) is 0.444. The first-order valence-electron chi connectivity index (χ1n) is 4.31. The van der Waals surface area contributed by atoms with Crippen LogP contribution in [-0.4, -0.2) is 23.8 Å². The molecule has 1 aromatic heterocycles. The minimum absolute atomic E-state index is 0.369. The number of methoxy groups -OCH3 is 1. The van der Waals surface area contributed by atoms with Crippen LogP contribution in [0.5, 0.6) is 0 Å². The summed E-state index contributed by atoms with van der Waals surface area (Å²) < 4.78 is 43.8. The summed E-state index contributed by atoms with van der Waals surface area (Å²) in [6.07, 6.45) is -3.56. The fourth-order valence-electron chi connectivity index (χ4n) is 1.40. The lowest BCUT2D eigenvalue weighted by Crippen LogP contribution is -2.58. The Kier molecular flexibility index (Phi) is 3.00. The summed E-state index contributed by atoms with van der Waals surface area (Å²) in [5, 5.41) is 0. The van der Waals surface area contributed by atoms with Gasteiger partial charge in [-0.15, -0.1) is 0 Å². The SMILES string of the molecule is COC(=O)[C@@](N)(c1cccn1C)C(F)(F)F. The van der Waals surface area contributed by atoms with Gasteiger partial charge in [0.15, 0.2) is 0 Å². The van der Waals surface area contributed by atoms with Crippen molar-refractivity contribution >= 4 is 5.97 Å². The number of hydrogen-bond acceptors (Lipinski definition) is 3. The molecule has 0 bridgehead atoms. The molecular formula is C9H11F3N2O2. The van der Waals surface area contributed by atoms with E-state index in [1.54, 1.807) is 0 Å². The Hall–Kier alpha value is -1.50. The Balaban J connectivity index is 3.38. The number of halogens is 3. The predicted molar refractivity (Wildman–Crippen MR) is 49.3 cm³/mol. The molecule has 1 heterocycles. The average Bonchev–Trinajstić information content (AvgIpc) is 2.60. The van der Waals surface area contributed by atoms with E-state index in [9.17, 15) is 18.0 Å². The molecule has 16 heavy (non-hydrogen) atoms. The second kappa shape index (κ2) is 3.82. The number of alkyl halides is 3. The summed E-state index contributed by atoms with van der Waals surface area (Å²) in [5.74, 6) is -1.54. The Morgan fingerprint density at radius 1 is 1.50 bits per heavy atom. The lowest BCUT2D eigenvalue weighted by molar-refractivity contribution is -0.208. The Labute approximate surface area is 89.8 Å². The van der Waals surface area contributed by atoms with E-state index in [0.29, 0.717) is 0 Å². The quantitative estimate of drug-likeness (QED) is 0.776. The number of nitrogens with two attached hydrogens (primary N) is 1. The topological polar surface area (TPSA) is 57.2 Å². The van der Waals surface area contributed by atoms with E-state index in [1.807, 2.05) is 0 Å². The normalized spacial score (nSPS) is 15.6. The summed E-state index contributed by atoms with van der Waals surface area (Å²) >= 11 is 0. The van der Waals surface area contributed by atoms with Crippen molar-refractivity contribution in [1.29, 1.82) is 0 Å². The molecule has 0 saturated carbocycles. The second-order valence-corrected chi connectivity index (χ2v) is 3.30. The number of aryl methyl sites for hydroxylation is 1. The van der Waals surface area contributed by atoms with Crippen molar-refractivity contribution in [1.82, 2.24) is 4.57 Å². The molecule has 1 atom stereocenters. The molecule has 0 saturated heterocycles. The number of esters is 1. The first kappa shape index (κ1) is 12.6. The van der Waals surface area contributed by atoms with Gasteiger partial charge in [-0.05, 0) is 12.1 Å². The third kappa shape index (κ3) is 1.67. The first-order chi connectivity index (χ1) is 7.25. The van der Waals surface area contributed by atoms with Crippen LogP contribution in [0.2, 0.25) is 0 Å². The highest BCUT2D eigenvalue weighted by molar-refractivity contribution is 5.83. The third-order valence-electron chi connectivity index (χ3n) is 2.30. The minimum atomic E-state index is -4.92. The maximum atomic E-state index is 12.8. The van der Waals surface area contributed by atoms with Gasteiger partial charge in [0, 0.05) is 13.2 Å². The van der Waals surface area contributed by atoms with Gasteiger partial charge in [-0.1, -0.05) is 0 Å². The number of aromatic nitrogens is 1. The number of carbonyl (C=O) groups is 1. The molecule has 0 spiro atoms. The number of hydrogen-bond donors (Lipinski definition) is 1. The van der Waals surface area contributed by atoms with Gasteiger partial charge in [0.25, 0.3) is 5.54 Å². The molecule has 1 aromatic rings. The molecule has 0 aromatic carbocycles. The zero-order valence-corrected chi connectivity index (χ0v) is 8.71. The maximum absolute atomic E-state index is 12.8. The summed E-state index contributed by atoms with van der Waals surface area (Å²) in [4.78, 5) is 11.3. The Bertz CT molecular complexity index is 400. The molecule has 0 aliphatic heterocycles. The number of ether oxygens (including phenoxy) is 1. The first-order valence-corrected chi connectivity index (χ1v) is 4.31. The van der Waals surface area contributed by atoms with Crippen LogP contribution in [0.3, 0.4) is 0 Å². The summed E-state index contributed by atoms with van der Waals surface area (Å²) in [6.45, 7) is 0. The van der Waals surface area contributed by atoms with E-state index in [0.717, 1.165) is 17.7 Å². The highest BCUT2D eigenvalue weighted by Gasteiger charge is 2.61. The molecule has 0 unspecified atom stereocenters. The van der Waals surface area contributed by atoms with Gasteiger partial charge in [0.2, 0.25) is 0 Å². The number of rotatable bonds is 2. The van der Waals surface area contributed by atoms with Crippen molar-refractivity contribution in [2.75, 3.05) is 7.11 Å². The molecule has 0 amide bonds. The molecular weight excluding hydrogens is 225 g/mol. The average molecular weight is 236 g/mol. The van der Waals surface area contributed by atoms with E-state index >= 15 is 0 Å². The molecule has 7 heteroatoms. The Morgan fingerprint density at radius 3 is 2.38 bits per heavy atom. The predicted octanol–water partition coefficient (Wildman–Crippen LogP) is 0.914. The minimum Gasteiger partial charge on any atom is -0.467 e. The van der Waals surface area contributed by atoms with Gasteiger partial charge in [-0.3, -0.25) is 0 Å². The zero-order chi connectivity index (χ0) is 12.6. The van der Waals surface area contributed by atoms with E-state index in [-0.39, 0.29) is 5.69 Å². The molecule has 0 radical (unpaired) electrons. The molecule has 1 rings (SSSR count). The van der Waals surface area contributed by atoms with E-state index in [1.165, 1.54) is 19.3 Å². The van der Waals surface area contributed by atoms with Crippen LogP contribution in [-0.2, 0) is 22.1 Å². The van der Waals surface area contributed by atoms with Crippen LogP contribution in [0.1, 0.15) is 5.69 Å². The lowest BCUT2D eigenvalue weighted by atomic mass is 9.96. The molecule has 0 aliphatic rings. The van der Waals surface area contributed by atoms with E-state index in [4.69, 9.17) is 5.73 Å². The van der Waals surface area contributed by atoms with Gasteiger partial charge in [-0.2, -0.15) is 13.2 Å². The van der Waals surface area contributed by atoms with Gasteiger partial charge in [0.05, 0.1) is 12.8 Å². The Morgan fingerprint density at radius 2 is 2.06 bits per heavy atom. The zero-order valence-electron chi connectivity index (χ0n) is 8.71. The van der Waals surface area contributed by atoms with Crippen molar-refractivity contribution in [3.05, 3.63) is 24.0 Å². The van der Waals surface area contributed by atoms with Crippen LogP contribution in [0.15, 0.2) is 18.3 Å². The summed E-state index contributed by atoms with van der Waals surface area (Å²) in [7, 11) is 2.23. The fourth-order valence-corrected chi connectivity index (χ4v) is 1.40. The largest absolute Gasteiger partial charge is 0.467 e. The summed E-state index contributed by atoms with van der Waals surface area (Å²) in [6, 6.07) is 2.50. The monoisotopic (exact) mass is 236 g/mol. The van der Waals surface area contributed by atoms with Crippen LogP contribution in [0, 0.1) is 0 Å². The van der Waals surface area contributed by atoms with Crippen molar-refractivity contribution in [3.63, 3.8) is 0 Å². The summed E-state index contributed by atoms with van der Waals surface area (Å²) in [5.41, 5.74) is 1.67. The molecule has 90 valence electrons. The lowest BCUT2D eigenvalue weighted by Gasteiger charge is -2.29. The van der Waals surface area contributed by atoms with E-state index in [2.05, 4.69) is 4.74 Å². The van der Waals surface area contributed by atoms with Crippen LogP contribution in [0.25, 0.3) is 0 Å². The maximum Gasteiger partial charge on any atom is 0.423 e. The van der Waals surface area contributed by atoms with Gasteiger partial charge in [0.1, 0.15) is 0 Å². The van der Waals surface area contributed by atoms with Gasteiger partial charge >= 0.3 is 12.1 Å². The van der Waals surface area contributed by atoms with Crippen molar-refractivity contribution in [3.8, 4) is 0 Å². The number of carbonyl (C=O) groups excluding carboxylic acids is 1. The van der Waals surface area contributed by atoms with Gasteiger partial charge < -0.3 is 15.0 Å². The standard InChI is InChI=1S/C9H11F3N2O2/c1-14-5-3-4-6(14)8(13,7(15)16-2)9(10,11)12/h3-5H,13H2,1-2H3/t8-/m0/s1. The van der Waals surface area contributed by atoms with Crippen molar-refractivity contribution < 1.29 is 22.7 Å². The molecule has 0 aliphatic carbocycles.